The zero-order valence-corrected chi connectivity index (χ0v) is 13.1. The van der Waals surface area contributed by atoms with Gasteiger partial charge in [-0.1, -0.05) is 24.8 Å². The molecule has 4 heteroatoms. The predicted molar refractivity (Wildman–Crippen MR) is 82.3 cm³/mol. The van der Waals surface area contributed by atoms with Crippen LogP contribution in [-0.4, -0.2) is 25.2 Å². The molecule has 0 N–H and O–H groups in total. The van der Waals surface area contributed by atoms with Gasteiger partial charge in [-0.2, -0.15) is 0 Å². The second-order valence-electron chi connectivity index (χ2n) is 4.32. The number of hydrogen-bond acceptors (Lipinski definition) is 4. The van der Waals surface area contributed by atoms with Crippen LogP contribution in [-0.2, 0) is 19.1 Å². The minimum absolute atomic E-state index is 0.210. The lowest BCUT2D eigenvalue weighted by molar-refractivity contribution is -0.172. The Bertz CT molecular complexity index is 419. The predicted octanol–water partition coefficient (Wildman–Crippen LogP) is 3.03. The van der Waals surface area contributed by atoms with Crippen LogP contribution < -0.4 is 0 Å². The van der Waals surface area contributed by atoms with E-state index in [0.717, 1.165) is 0 Å². The molecule has 0 aromatic rings. The molecule has 0 aliphatic rings. The van der Waals surface area contributed by atoms with Crippen LogP contribution in [0.3, 0.4) is 0 Å². The molecule has 0 heterocycles. The Labute approximate surface area is 127 Å². The molecule has 0 bridgehead atoms. The van der Waals surface area contributed by atoms with E-state index >= 15 is 0 Å². The Morgan fingerprint density at radius 3 is 2.19 bits per heavy atom. The van der Waals surface area contributed by atoms with Crippen LogP contribution in [0.1, 0.15) is 40.0 Å². The SMILES string of the molecule is C=C/C=C/CC(CCC#CC)(C(=O)OCC)C(=O)OCC. The maximum atomic E-state index is 12.3. The number of allylic oxidation sites excluding steroid dienone is 3. The smallest absolute Gasteiger partial charge is 0.323 e. The molecule has 0 saturated heterocycles. The van der Waals surface area contributed by atoms with Crippen molar-refractivity contribution in [3.05, 3.63) is 24.8 Å². The minimum atomic E-state index is -1.34. The van der Waals surface area contributed by atoms with Crippen LogP contribution in [0.25, 0.3) is 0 Å². The van der Waals surface area contributed by atoms with Gasteiger partial charge in [0.15, 0.2) is 5.41 Å². The molecule has 0 aromatic carbocycles. The summed E-state index contributed by atoms with van der Waals surface area (Å²) in [5.41, 5.74) is -1.34. The molecule has 21 heavy (non-hydrogen) atoms. The summed E-state index contributed by atoms with van der Waals surface area (Å²) in [6, 6.07) is 0. The Morgan fingerprint density at radius 1 is 1.19 bits per heavy atom. The van der Waals surface area contributed by atoms with E-state index < -0.39 is 17.4 Å². The fraction of sp³-hybridized carbons (Fsp3) is 0.529. The number of carbonyl (C=O) groups is 2. The van der Waals surface area contributed by atoms with Gasteiger partial charge in [0.2, 0.25) is 0 Å². The fourth-order valence-electron chi connectivity index (χ4n) is 1.86. The van der Waals surface area contributed by atoms with Crippen molar-refractivity contribution in [3.63, 3.8) is 0 Å². The lowest BCUT2D eigenvalue weighted by Crippen LogP contribution is -2.42. The van der Waals surface area contributed by atoms with Crippen LogP contribution in [0.5, 0.6) is 0 Å². The van der Waals surface area contributed by atoms with E-state index in [0.29, 0.717) is 6.42 Å². The van der Waals surface area contributed by atoms with Crippen molar-refractivity contribution in [2.45, 2.75) is 40.0 Å². The van der Waals surface area contributed by atoms with Crippen molar-refractivity contribution in [3.8, 4) is 11.8 Å². The molecule has 4 nitrogen and oxygen atoms in total. The van der Waals surface area contributed by atoms with Crippen molar-refractivity contribution < 1.29 is 19.1 Å². The molecular weight excluding hydrogens is 268 g/mol. The Kier molecular flexibility index (Phi) is 9.70. The molecule has 0 aromatic heterocycles. The molecule has 0 aliphatic carbocycles. The van der Waals surface area contributed by atoms with Crippen LogP contribution in [0, 0.1) is 17.3 Å². The minimum Gasteiger partial charge on any atom is -0.465 e. The average molecular weight is 292 g/mol. The summed E-state index contributed by atoms with van der Waals surface area (Å²) in [7, 11) is 0. The van der Waals surface area contributed by atoms with E-state index in [-0.39, 0.29) is 26.1 Å². The highest BCUT2D eigenvalue weighted by Gasteiger charge is 2.47. The summed E-state index contributed by atoms with van der Waals surface area (Å²) in [6.07, 6.45) is 5.91. The largest absolute Gasteiger partial charge is 0.465 e. The number of hydrogen-bond donors (Lipinski definition) is 0. The van der Waals surface area contributed by atoms with Crippen LogP contribution in [0.15, 0.2) is 24.8 Å². The zero-order valence-electron chi connectivity index (χ0n) is 13.1. The van der Waals surface area contributed by atoms with Gasteiger partial charge in [-0.3, -0.25) is 9.59 Å². The highest BCUT2D eigenvalue weighted by molar-refractivity contribution is 6.00. The molecule has 0 spiro atoms. The quantitative estimate of drug-likeness (QED) is 0.284. The Balaban J connectivity index is 5.47. The lowest BCUT2D eigenvalue weighted by Gasteiger charge is -2.27. The van der Waals surface area contributed by atoms with Crippen LogP contribution in [0.4, 0.5) is 0 Å². The van der Waals surface area contributed by atoms with Gasteiger partial charge in [0.1, 0.15) is 0 Å². The monoisotopic (exact) mass is 292 g/mol. The van der Waals surface area contributed by atoms with Gasteiger partial charge in [-0.15, -0.1) is 11.8 Å². The number of rotatable bonds is 9. The van der Waals surface area contributed by atoms with Crippen molar-refractivity contribution in [1.82, 2.24) is 0 Å². The summed E-state index contributed by atoms with van der Waals surface area (Å²) < 4.78 is 10.2. The Morgan fingerprint density at radius 2 is 1.76 bits per heavy atom. The van der Waals surface area contributed by atoms with E-state index in [1.54, 1.807) is 39.0 Å². The first-order valence-corrected chi connectivity index (χ1v) is 7.10. The normalized spacial score (nSPS) is 10.6. The molecule has 0 fully saturated rings. The summed E-state index contributed by atoms with van der Waals surface area (Å²) in [5, 5.41) is 0. The lowest BCUT2D eigenvalue weighted by atomic mass is 9.79. The summed E-state index contributed by atoms with van der Waals surface area (Å²) in [4.78, 5) is 24.7. The third-order valence-corrected chi connectivity index (χ3v) is 2.92. The van der Waals surface area contributed by atoms with Gasteiger partial charge < -0.3 is 9.47 Å². The standard InChI is InChI=1S/C17H24O4/c1-5-9-11-13-17(14-12-10-6-2,15(18)20-7-3)16(19)21-8-4/h5,9,11H,1,7-8,12-14H2,2-4H3/b11-9+. The molecule has 0 radical (unpaired) electrons. The molecule has 0 amide bonds. The topological polar surface area (TPSA) is 52.6 Å². The van der Waals surface area contributed by atoms with Gasteiger partial charge in [-0.05, 0) is 33.6 Å². The number of carbonyl (C=O) groups excluding carboxylic acids is 2. The van der Waals surface area contributed by atoms with Crippen molar-refractivity contribution in [1.29, 1.82) is 0 Å². The highest BCUT2D eigenvalue weighted by Crippen LogP contribution is 2.32. The number of esters is 2. The van der Waals surface area contributed by atoms with Crippen molar-refractivity contribution in [2.75, 3.05) is 13.2 Å². The maximum absolute atomic E-state index is 12.3. The third kappa shape index (κ3) is 5.86. The molecule has 0 saturated carbocycles. The van der Waals surface area contributed by atoms with E-state index in [2.05, 4.69) is 18.4 Å². The average Bonchev–Trinajstić information content (AvgIpc) is 2.46. The zero-order chi connectivity index (χ0) is 16.1. The van der Waals surface area contributed by atoms with Gasteiger partial charge in [0, 0.05) is 6.42 Å². The van der Waals surface area contributed by atoms with Crippen LogP contribution in [0.2, 0.25) is 0 Å². The first-order chi connectivity index (χ1) is 10.1. The van der Waals surface area contributed by atoms with Crippen molar-refractivity contribution >= 4 is 11.9 Å². The van der Waals surface area contributed by atoms with E-state index in [1.807, 2.05) is 0 Å². The second-order valence-corrected chi connectivity index (χ2v) is 4.32. The van der Waals surface area contributed by atoms with Gasteiger partial charge >= 0.3 is 11.9 Å². The highest BCUT2D eigenvalue weighted by atomic mass is 16.6. The van der Waals surface area contributed by atoms with Gasteiger partial charge in [0.25, 0.3) is 0 Å². The first kappa shape index (κ1) is 19.0. The fourth-order valence-corrected chi connectivity index (χ4v) is 1.86. The summed E-state index contributed by atoms with van der Waals surface area (Å²) in [5.74, 6) is 4.52. The molecular formula is C17H24O4. The maximum Gasteiger partial charge on any atom is 0.323 e. The van der Waals surface area contributed by atoms with E-state index in [9.17, 15) is 9.59 Å². The Hall–Kier alpha value is -2.02. The third-order valence-electron chi connectivity index (χ3n) is 2.92. The summed E-state index contributed by atoms with van der Waals surface area (Å²) >= 11 is 0. The van der Waals surface area contributed by atoms with Crippen molar-refractivity contribution in [2.24, 2.45) is 5.41 Å². The first-order valence-electron chi connectivity index (χ1n) is 7.10. The molecule has 0 aliphatic heterocycles. The van der Waals surface area contributed by atoms with Gasteiger partial charge in [-0.25, -0.2) is 0 Å². The van der Waals surface area contributed by atoms with E-state index in [4.69, 9.17) is 9.47 Å². The second kappa shape index (κ2) is 10.7. The van der Waals surface area contributed by atoms with E-state index in [1.165, 1.54) is 0 Å². The molecule has 0 unspecified atom stereocenters. The van der Waals surface area contributed by atoms with Crippen LogP contribution >= 0.6 is 0 Å². The molecule has 0 atom stereocenters. The number of ether oxygens (including phenoxy) is 2. The summed E-state index contributed by atoms with van der Waals surface area (Å²) in [6.45, 7) is 9.13. The van der Waals surface area contributed by atoms with Gasteiger partial charge in [0.05, 0.1) is 13.2 Å². The molecule has 0 rings (SSSR count). The molecule has 116 valence electrons.